The van der Waals surface area contributed by atoms with Gasteiger partial charge in [0.15, 0.2) is 6.10 Å². The molecule has 1 amide bonds. The van der Waals surface area contributed by atoms with Crippen LogP contribution in [0.2, 0.25) is 5.02 Å². The van der Waals surface area contributed by atoms with Crippen LogP contribution in [0.15, 0.2) is 53.7 Å². The van der Waals surface area contributed by atoms with E-state index in [4.69, 9.17) is 16.4 Å². The molecular weight excluding hydrogens is 417 g/mol. The second-order valence-corrected chi connectivity index (χ2v) is 8.10. The zero-order valence-corrected chi connectivity index (χ0v) is 16.8. The Kier molecular flexibility index (Phi) is 5.73. The highest BCUT2D eigenvalue weighted by atomic mass is 35.5. The van der Waals surface area contributed by atoms with Crippen molar-refractivity contribution in [3.63, 3.8) is 0 Å². The number of rotatable bonds is 6. The third kappa shape index (κ3) is 4.95. The summed E-state index contributed by atoms with van der Waals surface area (Å²) in [7, 11) is 0. The third-order valence-electron chi connectivity index (χ3n) is 5.23. The molecule has 2 aromatic rings. The summed E-state index contributed by atoms with van der Waals surface area (Å²) in [4.78, 5) is 20.0. The van der Waals surface area contributed by atoms with Crippen LogP contribution in [-0.2, 0) is 22.4 Å². The van der Waals surface area contributed by atoms with Gasteiger partial charge in [0.05, 0.1) is 17.8 Å². The minimum Gasteiger partial charge on any atom is -0.390 e. The summed E-state index contributed by atoms with van der Waals surface area (Å²) in [6.45, 7) is 0.570. The molecule has 1 heterocycles. The van der Waals surface area contributed by atoms with Gasteiger partial charge in [-0.05, 0) is 48.2 Å². The van der Waals surface area contributed by atoms with Crippen molar-refractivity contribution in [3.05, 3.63) is 70.2 Å². The molecule has 0 saturated heterocycles. The standard InChI is InChI=1S/C22H20ClF3N2O2/c23-18-9-5-15(6-10-18)20-11-19(30-27-20)13-28(21(29)16-3-4-16)12-14-1-7-17(8-2-14)22(24,25)26/h1-2,5-10,16,19H,3-4,11-13H2/t19-/m0/s1. The van der Waals surface area contributed by atoms with Crippen molar-refractivity contribution in [1.29, 1.82) is 0 Å². The molecule has 0 radical (unpaired) electrons. The average molecular weight is 437 g/mol. The van der Waals surface area contributed by atoms with E-state index in [2.05, 4.69) is 5.16 Å². The second-order valence-electron chi connectivity index (χ2n) is 7.66. The molecule has 4 rings (SSSR count). The Balaban J connectivity index is 1.42. The first-order valence-corrected chi connectivity index (χ1v) is 10.1. The van der Waals surface area contributed by atoms with Crippen molar-refractivity contribution < 1.29 is 22.8 Å². The van der Waals surface area contributed by atoms with Gasteiger partial charge in [-0.3, -0.25) is 4.79 Å². The van der Waals surface area contributed by atoms with Crippen molar-refractivity contribution in [2.45, 2.75) is 38.1 Å². The fourth-order valence-electron chi connectivity index (χ4n) is 3.43. The van der Waals surface area contributed by atoms with Crippen molar-refractivity contribution in [2.24, 2.45) is 11.1 Å². The van der Waals surface area contributed by atoms with Gasteiger partial charge in [0.1, 0.15) is 0 Å². The number of halogens is 4. The molecule has 8 heteroatoms. The number of benzene rings is 2. The molecule has 1 saturated carbocycles. The number of amides is 1. The van der Waals surface area contributed by atoms with E-state index in [0.29, 0.717) is 23.6 Å². The van der Waals surface area contributed by atoms with E-state index in [-0.39, 0.29) is 24.5 Å². The quantitative estimate of drug-likeness (QED) is 0.617. The van der Waals surface area contributed by atoms with E-state index in [0.717, 1.165) is 36.2 Å². The van der Waals surface area contributed by atoms with Crippen LogP contribution >= 0.6 is 11.6 Å². The van der Waals surface area contributed by atoms with Gasteiger partial charge in [-0.15, -0.1) is 0 Å². The van der Waals surface area contributed by atoms with E-state index in [1.54, 1.807) is 17.0 Å². The van der Waals surface area contributed by atoms with E-state index in [1.165, 1.54) is 12.1 Å². The summed E-state index contributed by atoms with van der Waals surface area (Å²) in [5.41, 5.74) is 1.63. The first-order chi connectivity index (χ1) is 14.3. The van der Waals surface area contributed by atoms with Gasteiger partial charge in [-0.1, -0.05) is 41.0 Å². The molecule has 158 valence electrons. The molecule has 2 aromatic carbocycles. The minimum absolute atomic E-state index is 0.00231. The van der Waals surface area contributed by atoms with Gasteiger partial charge in [-0.2, -0.15) is 13.2 Å². The Morgan fingerprint density at radius 1 is 1.10 bits per heavy atom. The van der Waals surface area contributed by atoms with Gasteiger partial charge in [0.2, 0.25) is 5.91 Å². The van der Waals surface area contributed by atoms with Gasteiger partial charge in [-0.25, -0.2) is 0 Å². The zero-order valence-electron chi connectivity index (χ0n) is 16.0. The molecular formula is C22H20ClF3N2O2. The maximum atomic E-state index is 12.8. The Morgan fingerprint density at radius 2 is 1.77 bits per heavy atom. The number of hydrogen-bond acceptors (Lipinski definition) is 3. The van der Waals surface area contributed by atoms with Crippen LogP contribution in [0.4, 0.5) is 13.2 Å². The van der Waals surface area contributed by atoms with Crippen LogP contribution in [0.5, 0.6) is 0 Å². The largest absolute Gasteiger partial charge is 0.416 e. The summed E-state index contributed by atoms with van der Waals surface area (Å²) in [5.74, 6) is 0.0101. The van der Waals surface area contributed by atoms with Crippen molar-refractivity contribution >= 4 is 23.2 Å². The molecule has 0 spiro atoms. The predicted molar refractivity (Wildman–Crippen MR) is 107 cm³/mol. The summed E-state index contributed by atoms with van der Waals surface area (Å²) >= 11 is 5.92. The molecule has 0 bridgehead atoms. The first-order valence-electron chi connectivity index (χ1n) is 9.73. The lowest BCUT2D eigenvalue weighted by Gasteiger charge is -2.25. The van der Waals surface area contributed by atoms with Gasteiger partial charge < -0.3 is 9.74 Å². The Hall–Kier alpha value is -2.54. The molecule has 30 heavy (non-hydrogen) atoms. The van der Waals surface area contributed by atoms with Crippen LogP contribution in [-0.4, -0.2) is 29.2 Å². The fraction of sp³-hybridized carbons (Fsp3) is 0.364. The molecule has 1 aliphatic heterocycles. The summed E-state index contributed by atoms with van der Waals surface area (Å²) in [5, 5.41) is 4.78. The van der Waals surface area contributed by atoms with Gasteiger partial charge in [0, 0.05) is 23.9 Å². The lowest BCUT2D eigenvalue weighted by molar-refractivity contribution is -0.138. The molecule has 1 atom stereocenters. The third-order valence-corrected chi connectivity index (χ3v) is 5.48. The summed E-state index contributed by atoms with van der Waals surface area (Å²) < 4.78 is 38.4. The maximum Gasteiger partial charge on any atom is 0.416 e. The maximum absolute atomic E-state index is 12.8. The lowest BCUT2D eigenvalue weighted by atomic mass is 10.0. The Labute approximate surface area is 177 Å². The number of hydrogen-bond donors (Lipinski definition) is 0. The summed E-state index contributed by atoms with van der Waals surface area (Å²) in [6, 6.07) is 12.2. The van der Waals surface area contributed by atoms with Crippen molar-refractivity contribution in [1.82, 2.24) is 4.90 Å². The molecule has 0 unspecified atom stereocenters. The lowest BCUT2D eigenvalue weighted by Crippen LogP contribution is -2.38. The van der Waals surface area contributed by atoms with E-state index in [9.17, 15) is 18.0 Å². The first kappa shape index (κ1) is 20.7. The highest BCUT2D eigenvalue weighted by Gasteiger charge is 2.36. The van der Waals surface area contributed by atoms with Gasteiger partial charge >= 0.3 is 6.18 Å². The van der Waals surface area contributed by atoms with Crippen LogP contribution in [0, 0.1) is 5.92 Å². The zero-order chi connectivity index (χ0) is 21.3. The highest BCUT2D eigenvalue weighted by Crippen LogP contribution is 2.33. The van der Waals surface area contributed by atoms with E-state index < -0.39 is 11.7 Å². The molecule has 1 aliphatic carbocycles. The van der Waals surface area contributed by atoms with Crippen LogP contribution in [0.3, 0.4) is 0 Å². The fourth-order valence-corrected chi connectivity index (χ4v) is 3.55. The minimum atomic E-state index is -4.38. The number of carbonyl (C=O) groups excluding carboxylic acids is 1. The van der Waals surface area contributed by atoms with Crippen molar-refractivity contribution in [2.75, 3.05) is 6.54 Å². The van der Waals surface area contributed by atoms with Crippen LogP contribution < -0.4 is 0 Å². The van der Waals surface area contributed by atoms with E-state index >= 15 is 0 Å². The van der Waals surface area contributed by atoms with Gasteiger partial charge in [0.25, 0.3) is 0 Å². The van der Waals surface area contributed by atoms with Crippen LogP contribution in [0.25, 0.3) is 0 Å². The normalized spacial score (nSPS) is 18.7. The number of alkyl halides is 3. The Morgan fingerprint density at radius 3 is 2.37 bits per heavy atom. The topological polar surface area (TPSA) is 41.9 Å². The predicted octanol–water partition coefficient (Wildman–Crippen LogP) is 5.29. The smallest absolute Gasteiger partial charge is 0.390 e. The number of carbonyl (C=O) groups is 1. The number of nitrogens with zero attached hydrogens (tertiary/aromatic N) is 2. The SMILES string of the molecule is O=C(C1CC1)N(Cc1ccc(C(F)(F)F)cc1)C[C@@H]1CC(c2ccc(Cl)cc2)=NO1. The average Bonchev–Trinajstić information content (AvgIpc) is 3.46. The molecule has 1 fully saturated rings. The molecule has 4 nitrogen and oxygen atoms in total. The van der Waals surface area contributed by atoms with Crippen molar-refractivity contribution in [3.8, 4) is 0 Å². The second kappa shape index (κ2) is 8.30. The molecule has 2 aliphatic rings. The van der Waals surface area contributed by atoms with Crippen LogP contribution in [0.1, 0.15) is 36.0 Å². The molecule has 0 aromatic heterocycles. The Bertz CT molecular complexity index is 938. The number of oxime groups is 1. The van der Waals surface area contributed by atoms with E-state index in [1.807, 2.05) is 12.1 Å². The molecule has 0 N–H and O–H groups in total. The summed E-state index contributed by atoms with van der Waals surface area (Å²) in [6.07, 6.45) is -2.44. The highest BCUT2D eigenvalue weighted by molar-refractivity contribution is 6.30. The monoisotopic (exact) mass is 436 g/mol.